The zero-order valence-electron chi connectivity index (χ0n) is 9.33. The molecule has 0 aliphatic heterocycles. The van der Waals surface area contributed by atoms with Gasteiger partial charge in [-0.2, -0.15) is 4.98 Å². The second-order valence-corrected chi connectivity index (χ2v) is 4.35. The first-order valence-electron chi connectivity index (χ1n) is 5.30. The normalized spacial score (nSPS) is 16.2. The lowest BCUT2D eigenvalue weighted by Gasteiger charge is -2.13. The van der Waals surface area contributed by atoms with Crippen LogP contribution in [0.4, 0.5) is 8.78 Å². The average Bonchev–Trinajstić information content (AvgIpc) is 2.98. The van der Waals surface area contributed by atoms with Gasteiger partial charge in [-0.25, -0.2) is 13.8 Å². The molecule has 0 amide bonds. The van der Waals surface area contributed by atoms with E-state index in [-0.39, 0.29) is 5.88 Å². The van der Waals surface area contributed by atoms with Gasteiger partial charge in [-0.1, -0.05) is 0 Å². The molecule has 0 aromatic carbocycles. The van der Waals surface area contributed by atoms with Crippen LogP contribution in [-0.2, 0) is 0 Å². The van der Waals surface area contributed by atoms with E-state index in [1.54, 1.807) is 13.1 Å². The quantitative estimate of drug-likeness (QED) is 0.794. The maximum Gasteiger partial charge on any atom is 0.278 e. The number of aromatic nitrogens is 2. The Morgan fingerprint density at radius 3 is 2.75 bits per heavy atom. The number of aryl methyl sites for hydroxylation is 1. The number of hydrogen-bond acceptors (Lipinski definition) is 3. The summed E-state index contributed by atoms with van der Waals surface area (Å²) >= 11 is 0. The van der Waals surface area contributed by atoms with Crippen molar-refractivity contribution >= 4 is 0 Å². The van der Waals surface area contributed by atoms with Crippen LogP contribution in [0.15, 0.2) is 6.20 Å². The van der Waals surface area contributed by atoms with Gasteiger partial charge in [-0.3, -0.25) is 0 Å². The molecule has 2 rings (SSSR count). The lowest BCUT2D eigenvalue weighted by atomic mass is 10.3. The van der Waals surface area contributed by atoms with E-state index >= 15 is 0 Å². The maximum absolute atomic E-state index is 12.6. The van der Waals surface area contributed by atoms with Crippen LogP contribution in [0.25, 0.3) is 0 Å². The molecule has 1 aromatic rings. The first-order valence-corrected chi connectivity index (χ1v) is 5.30. The van der Waals surface area contributed by atoms with Crippen molar-refractivity contribution < 1.29 is 13.5 Å². The summed E-state index contributed by atoms with van der Waals surface area (Å²) in [6.45, 7) is 1.93. The minimum absolute atomic E-state index is 0.276. The van der Waals surface area contributed by atoms with Gasteiger partial charge < -0.3 is 4.74 Å². The highest BCUT2D eigenvalue weighted by atomic mass is 19.3. The Kier molecular flexibility index (Phi) is 2.78. The van der Waals surface area contributed by atoms with Crippen LogP contribution >= 0.6 is 0 Å². The van der Waals surface area contributed by atoms with E-state index in [2.05, 4.69) is 9.97 Å². The summed E-state index contributed by atoms with van der Waals surface area (Å²) in [6.07, 6.45) is 3.78. The highest BCUT2D eigenvalue weighted by Gasteiger charge is 2.28. The third-order valence-corrected chi connectivity index (χ3v) is 2.35. The predicted molar refractivity (Wildman–Crippen MR) is 54.9 cm³/mol. The Bertz CT molecular complexity index is 386. The zero-order chi connectivity index (χ0) is 11.8. The highest BCUT2D eigenvalue weighted by molar-refractivity contribution is 5.23. The van der Waals surface area contributed by atoms with Crippen molar-refractivity contribution in [2.75, 3.05) is 6.61 Å². The van der Waals surface area contributed by atoms with Crippen LogP contribution in [0.2, 0.25) is 0 Å². The van der Waals surface area contributed by atoms with Gasteiger partial charge in [0.05, 0.1) is 0 Å². The van der Waals surface area contributed by atoms with Crippen LogP contribution in [0.1, 0.15) is 37.1 Å². The Balaban J connectivity index is 2.09. The first-order chi connectivity index (χ1) is 7.46. The van der Waals surface area contributed by atoms with Crippen molar-refractivity contribution in [2.45, 2.75) is 38.5 Å². The second kappa shape index (κ2) is 3.96. The van der Waals surface area contributed by atoms with Gasteiger partial charge >= 0.3 is 0 Å². The number of ether oxygens (including phenoxy) is 1. The van der Waals surface area contributed by atoms with Crippen molar-refractivity contribution in [3.05, 3.63) is 17.6 Å². The van der Waals surface area contributed by atoms with E-state index in [9.17, 15) is 8.78 Å². The Hall–Kier alpha value is -1.26. The molecule has 88 valence electrons. The van der Waals surface area contributed by atoms with E-state index < -0.39 is 12.5 Å². The molecule has 1 aromatic heterocycles. The van der Waals surface area contributed by atoms with Crippen LogP contribution in [0, 0.1) is 6.92 Å². The number of alkyl halides is 2. The van der Waals surface area contributed by atoms with Gasteiger partial charge in [0.15, 0.2) is 6.61 Å². The Morgan fingerprint density at radius 1 is 1.50 bits per heavy atom. The van der Waals surface area contributed by atoms with Crippen molar-refractivity contribution in [3.63, 3.8) is 0 Å². The minimum atomic E-state index is -2.84. The van der Waals surface area contributed by atoms with Crippen molar-refractivity contribution in [2.24, 2.45) is 0 Å². The summed E-state index contributed by atoms with van der Waals surface area (Å²) in [5.74, 6) is -1.46. The third kappa shape index (κ3) is 2.87. The molecule has 1 aliphatic carbocycles. The van der Waals surface area contributed by atoms with E-state index in [1.807, 2.05) is 0 Å². The maximum atomic E-state index is 12.6. The molecule has 0 unspecified atom stereocenters. The number of nitrogens with zero attached hydrogens (tertiary/aromatic N) is 2. The third-order valence-electron chi connectivity index (χ3n) is 2.35. The topological polar surface area (TPSA) is 35.0 Å². The number of halogens is 2. The summed E-state index contributed by atoms with van der Waals surface area (Å²) in [7, 11) is 0. The predicted octanol–water partition coefficient (Wildman–Crippen LogP) is 2.70. The lowest BCUT2D eigenvalue weighted by molar-refractivity contribution is -0.0245. The van der Waals surface area contributed by atoms with Gasteiger partial charge in [0.2, 0.25) is 5.88 Å². The Labute approximate surface area is 92.9 Å². The molecular weight excluding hydrogens is 214 g/mol. The highest BCUT2D eigenvalue weighted by Crippen LogP contribution is 2.38. The first kappa shape index (κ1) is 11.2. The smallest absolute Gasteiger partial charge is 0.278 e. The second-order valence-electron chi connectivity index (χ2n) is 4.35. The molecule has 1 fully saturated rings. The summed E-state index contributed by atoms with van der Waals surface area (Å²) in [6, 6.07) is 0. The number of hydrogen-bond donors (Lipinski definition) is 0. The minimum Gasteiger partial charge on any atom is -0.471 e. The van der Waals surface area contributed by atoms with Gasteiger partial charge in [-0.15, -0.1) is 0 Å². The fourth-order valence-corrected chi connectivity index (χ4v) is 1.32. The standard InChI is InChI=1S/C11H14F2N2O/c1-7-5-14-9(8-3-4-8)15-10(7)16-6-11(2,12)13/h5,8H,3-4,6H2,1-2H3. The molecule has 0 N–H and O–H groups in total. The summed E-state index contributed by atoms with van der Waals surface area (Å²) in [5.41, 5.74) is 0.689. The van der Waals surface area contributed by atoms with Gasteiger partial charge in [0, 0.05) is 24.6 Å². The van der Waals surface area contributed by atoms with Gasteiger partial charge in [-0.05, 0) is 19.8 Å². The van der Waals surface area contributed by atoms with E-state index in [4.69, 9.17) is 4.74 Å². The largest absolute Gasteiger partial charge is 0.471 e. The van der Waals surface area contributed by atoms with Gasteiger partial charge in [0.1, 0.15) is 5.82 Å². The molecule has 16 heavy (non-hydrogen) atoms. The molecule has 5 heteroatoms. The molecule has 0 atom stereocenters. The number of rotatable bonds is 4. The molecule has 0 spiro atoms. The fourth-order valence-electron chi connectivity index (χ4n) is 1.32. The molecule has 3 nitrogen and oxygen atoms in total. The average molecular weight is 228 g/mol. The summed E-state index contributed by atoms with van der Waals surface area (Å²) < 4.78 is 30.3. The van der Waals surface area contributed by atoms with Crippen molar-refractivity contribution in [3.8, 4) is 5.88 Å². The molecule has 0 bridgehead atoms. The fraction of sp³-hybridized carbons (Fsp3) is 0.636. The zero-order valence-corrected chi connectivity index (χ0v) is 9.33. The molecule has 1 aliphatic rings. The molecule has 1 heterocycles. The van der Waals surface area contributed by atoms with Crippen molar-refractivity contribution in [1.82, 2.24) is 9.97 Å². The summed E-state index contributed by atoms with van der Waals surface area (Å²) in [5, 5.41) is 0. The molecule has 0 saturated heterocycles. The van der Waals surface area contributed by atoms with Crippen LogP contribution < -0.4 is 4.74 Å². The lowest BCUT2D eigenvalue weighted by Crippen LogP contribution is -2.21. The SMILES string of the molecule is Cc1cnc(C2CC2)nc1OCC(C)(F)F. The molecule has 0 radical (unpaired) electrons. The summed E-state index contributed by atoms with van der Waals surface area (Å²) in [4.78, 5) is 8.34. The van der Waals surface area contributed by atoms with Crippen molar-refractivity contribution in [1.29, 1.82) is 0 Å². The Morgan fingerprint density at radius 2 is 2.19 bits per heavy atom. The van der Waals surface area contributed by atoms with Crippen LogP contribution in [0.3, 0.4) is 0 Å². The van der Waals surface area contributed by atoms with E-state index in [1.165, 1.54) is 0 Å². The van der Waals surface area contributed by atoms with Gasteiger partial charge in [0.25, 0.3) is 5.92 Å². The van der Waals surface area contributed by atoms with Crippen LogP contribution in [0.5, 0.6) is 5.88 Å². The van der Waals surface area contributed by atoms with E-state index in [0.717, 1.165) is 19.8 Å². The monoisotopic (exact) mass is 228 g/mol. The van der Waals surface area contributed by atoms with Crippen LogP contribution in [-0.4, -0.2) is 22.5 Å². The van der Waals surface area contributed by atoms with E-state index in [0.29, 0.717) is 17.3 Å². The molecule has 1 saturated carbocycles. The molecular formula is C11H14F2N2O.